The first-order chi connectivity index (χ1) is 12.0. The van der Waals surface area contributed by atoms with E-state index in [9.17, 15) is 9.59 Å². The van der Waals surface area contributed by atoms with E-state index in [0.717, 1.165) is 40.1 Å². The largest absolute Gasteiger partial charge is 0.496 e. The molecule has 2 aliphatic rings. The maximum absolute atomic E-state index is 12.5. The highest BCUT2D eigenvalue weighted by Crippen LogP contribution is 2.38. The van der Waals surface area contributed by atoms with Crippen LogP contribution in [0.1, 0.15) is 25.0 Å². The van der Waals surface area contributed by atoms with Gasteiger partial charge in [-0.15, -0.1) is 11.3 Å². The first-order valence-electron chi connectivity index (χ1n) is 7.95. The standard InChI is InChI=1S/C17H16BrN3O3S/c1-24-13-4-3-10(18)7-12(13)14-19-11(9-25-14)8-21-15(22)17(5-2-6-17)20-16(21)23/h3-4,7,9H,2,5-6,8H2,1H3,(H,20,23). The Labute approximate surface area is 157 Å². The SMILES string of the molecule is COc1ccc(Br)cc1-c1nc(CN2C(=O)NC3(CCC3)C2=O)cs1. The van der Waals surface area contributed by atoms with E-state index >= 15 is 0 Å². The van der Waals surface area contributed by atoms with Crippen molar-refractivity contribution in [1.82, 2.24) is 15.2 Å². The molecule has 0 unspecified atom stereocenters. The summed E-state index contributed by atoms with van der Waals surface area (Å²) < 4.78 is 6.33. The molecule has 0 radical (unpaired) electrons. The number of carbonyl (C=O) groups is 2. The summed E-state index contributed by atoms with van der Waals surface area (Å²) in [6.07, 6.45) is 2.43. The topological polar surface area (TPSA) is 71.5 Å². The molecule has 1 saturated heterocycles. The van der Waals surface area contributed by atoms with Crippen LogP contribution in [0.4, 0.5) is 4.79 Å². The number of aromatic nitrogens is 1. The summed E-state index contributed by atoms with van der Waals surface area (Å²) in [4.78, 5) is 30.6. The highest BCUT2D eigenvalue weighted by atomic mass is 79.9. The van der Waals surface area contributed by atoms with Crippen LogP contribution in [-0.2, 0) is 11.3 Å². The van der Waals surface area contributed by atoms with E-state index in [0.29, 0.717) is 5.69 Å². The van der Waals surface area contributed by atoms with Crippen molar-refractivity contribution in [3.05, 3.63) is 33.7 Å². The van der Waals surface area contributed by atoms with Crippen molar-refractivity contribution in [3.63, 3.8) is 0 Å². The fourth-order valence-electron chi connectivity index (χ4n) is 3.20. The highest BCUT2D eigenvalue weighted by Gasteiger charge is 2.54. The van der Waals surface area contributed by atoms with Crippen molar-refractivity contribution in [2.24, 2.45) is 0 Å². The molecular formula is C17H16BrN3O3S. The summed E-state index contributed by atoms with van der Waals surface area (Å²) >= 11 is 4.92. The van der Waals surface area contributed by atoms with Gasteiger partial charge in [-0.1, -0.05) is 15.9 Å². The number of ether oxygens (including phenoxy) is 1. The molecule has 2 heterocycles. The van der Waals surface area contributed by atoms with E-state index < -0.39 is 5.54 Å². The number of rotatable bonds is 4. The van der Waals surface area contributed by atoms with Crippen LogP contribution in [0.2, 0.25) is 0 Å². The van der Waals surface area contributed by atoms with Crippen LogP contribution < -0.4 is 10.1 Å². The normalized spacial score (nSPS) is 18.4. The molecule has 25 heavy (non-hydrogen) atoms. The van der Waals surface area contributed by atoms with Gasteiger partial charge in [0.05, 0.1) is 24.9 Å². The van der Waals surface area contributed by atoms with Gasteiger partial charge in [-0.2, -0.15) is 0 Å². The Hall–Kier alpha value is -1.93. The van der Waals surface area contributed by atoms with Crippen LogP contribution in [0, 0.1) is 0 Å². The third kappa shape index (κ3) is 2.73. The van der Waals surface area contributed by atoms with E-state index in [1.54, 1.807) is 7.11 Å². The second-order valence-electron chi connectivity index (χ2n) is 6.25. The highest BCUT2D eigenvalue weighted by molar-refractivity contribution is 9.10. The average molecular weight is 422 g/mol. The molecule has 1 aromatic carbocycles. The molecule has 1 aliphatic heterocycles. The third-order valence-corrected chi connectivity index (χ3v) is 6.13. The van der Waals surface area contributed by atoms with Crippen LogP contribution in [0.25, 0.3) is 10.6 Å². The molecule has 1 aliphatic carbocycles. The Bertz CT molecular complexity index is 863. The van der Waals surface area contributed by atoms with Gasteiger partial charge in [0.1, 0.15) is 16.3 Å². The molecule has 0 bridgehead atoms. The van der Waals surface area contributed by atoms with Gasteiger partial charge in [-0.05, 0) is 37.5 Å². The minimum Gasteiger partial charge on any atom is -0.496 e. The lowest BCUT2D eigenvalue weighted by molar-refractivity contribution is -0.134. The number of hydrogen-bond donors (Lipinski definition) is 1. The zero-order chi connectivity index (χ0) is 17.6. The quantitative estimate of drug-likeness (QED) is 0.765. The smallest absolute Gasteiger partial charge is 0.325 e. The number of amides is 3. The summed E-state index contributed by atoms with van der Waals surface area (Å²) in [7, 11) is 1.62. The van der Waals surface area contributed by atoms with Crippen molar-refractivity contribution >= 4 is 39.2 Å². The van der Waals surface area contributed by atoms with E-state index in [-0.39, 0.29) is 18.5 Å². The number of methoxy groups -OCH3 is 1. The first kappa shape index (κ1) is 16.5. The number of halogens is 1. The Balaban J connectivity index is 1.57. The summed E-state index contributed by atoms with van der Waals surface area (Å²) in [5.74, 6) is 0.603. The molecule has 8 heteroatoms. The Morgan fingerprint density at radius 2 is 2.20 bits per heavy atom. The fourth-order valence-corrected chi connectivity index (χ4v) is 4.39. The predicted octanol–water partition coefficient (Wildman–Crippen LogP) is 3.56. The van der Waals surface area contributed by atoms with Crippen LogP contribution in [0.5, 0.6) is 5.75 Å². The molecule has 4 rings (SSSR count). The van der Waals surface area contributed by atoms with Gasteiger partial charge in [-0.3, -0.25) is 9.69 Å². The lowest BCUT2D eigenvalue weighted by Crippen LogP contribution is -2.52. The van der Waals surface area contributed by atoms with Crippen molar-refractivity contribution < 1.29 is 14.3 Å². The summed E-state index contributed by atoms with van der Waals surface area (Å²) in [5, 5.41) is 5.51. The van der Waals surface area contributed by atoms with Gasteiger partial charge >= 0.3 is 6.03 Å². The Kier molecular flexibility index (Phi) is 4.04. The number of hydrogen-bond acceptors (Lipinski definition) is 5. The van der Waals surface area contributed by atoms with Gasteiger partial charge in [0, 0.05) is 9.85 Å². The Morgan fingerprint density at radius 1 is 1.40 bits per heavy atom. The molecule has 6 nitrogen and oxygen atoms in total. The molecular weight excluding hydrogens is 406 g/mol. The minimum absolute atomic E-state index is 0.127. The minimum atomic E-state index is -0.649. The van der Waals surface area contributed by atoms with Crippen LogP contribution in [0.15, 0.2) is 28.1 Å². The number of imide groups is 1. The number of nitrogens with one attached hydrogen (secondary N) is 1. The van der Waals surface area contributed by atoms with Crippen LogP contribution >= 0.6 is 27.3 Å². The monoisotopic (exact) mass is 421 g/mol. The lowest BCUT2D eigenvalue weighted by Gasteiger charge is -2.34. The molecule has 1 saturated carbocycles. The predicted molar refractivity (Wildman–Crippen MR) is 97.5 cm³/mol. The molecule has 2 aromatic rings. The molecule has 1 spiro atoms. The van der Waals surface area contributed by atoms with Crippen molar-refractivity contribution in [2.75, 3.05) is 7.11 Å². The molecule has 0 atom stereocenters. The maximum atomic E-state index is 12.5. The molecule has 1 N–H and O–H groups in total. The zero-order valence-corrected chi connectivity index (χ0v) is 15.9. The van der Waals surface area contributed by atoms with Gasteiger partial charge in [0.25, 0.3) is 5.91 Å². The summed E-state index contributed by atoms with van der Waals surface area (Å²) in [6, 6.07) is 5.40. The molecule has 130 valence electrons. The van der Waals surface area contributed by atoms with Gasteiger partial charge < -0.3 is 10.1 Å². The molecule has 1 aromatic heterocycles. The summed E-state index contributed by atoms with van der Waals surface area (Å²) in [5.41, 5.74) is 0.923. The number of urea groups is 1. The number of thiazole rings is 1. The maximum Gasteiger partial charge on any atom is 0.325 e. The number of nitrogens with zero attached hydrogens (tertiary/aromatic N) is 2. The van der Waals surface area contributed by atoms with Gasteiger partial charge in [-0.25, -0.2) is 9.78 Å². The van der Waals surface area contributed by atoms with E-state index in [2.05, 4.69) is 26.2 Å². The van der Waals surface area contributed by atoms with Crippen LogP contribution in [-0.4, -0.2) is 34.5 Å². The zero-order valence-electron chi connectivity index (χ0n) is 13.5. The van der Waals surface area contributed by atoms with Crippen LogP contribution in [0.3, 0.4) is 0 Å². The second-order valence-corrected chi connectivity index (χ2v) is 8.02. The van der Waals surface area contributed by atoms with E-state index in [4.69, 9.17) is 4.74 Å². The fraction of sp³-hybridized carbons (Fsp3) is 0.353. The number of benzene rings is 1. The molecule has 2 fully saturated rings. The first-order valence-corrected chi connectivity index (χ1v) is 9.62. The van der Waals surface area contributed by atoms with Crippen molar-refractivity contribution in [1.29, 1.82) is 0 Å². The van der Waals surface area contributed by atoms with Crippen molar-refractivity contribution in [2.45, 2.75) is 31.3 Å². The van der Waals surface area contributed by atoms with Crippen molar-refractivity contribution in [3.8, 4) is 16.3 Å². The lowest BCUT2D eigenvalue weighted by atomic mass is 9.77. The average Bonchev–Trinajstić information content (AvgIpc) is 3.12. The van der Waals surface area contributed by atoms with Gasteiger partial charge in [0.2, 0.25) is 0 Å². The summed E-state index contributed by atoms with van der Waals surface area (Å²) in [6.45, 7) is 0.194. The van der Waals surface area contributed by atoms with Gasteiger partial charge in [0.15, 0.2) is 0 Å². The second kappa shape index (κ2) is 6.10. The van der Waals surface area contributed by atoms with E-state index in [1.165, 1.54) is 16.2 Å². The Morgan fingerprint density at radius 3 is 2.84 bits per heavy atom. The number of carbonyl (C=O) groups excluding carboxylic acids is 2. The molecule has 3 amide bonds. The third-order valence-electron chi connectivity index (χ3n) is 4.72. The van der Waals surface area contributed by atoms with E-state index in [1.807, 2.05) is 23.6 Å².